The molecule has 1 aromatic rings. The lowest BCUT2D eigenvalue weighted by Crippen LogP contribution is -2.43. The van der Waals surface area contributed by atoms with E-state index in [1.165, 1.54) is 6.07 Å². The van der Waals surface area contributed by atoms with Crippen LogP contribution in [0.4, 0.5) is 13.6 Å². The number of hydrogen-bond donors (Lipinski definition) is 1. The summed E-state index contributed by atoms with van der Waals surface area (Å²) in [6, 6.07) is 1.21. The number of hydrogen-bond acceptors (Lipinski definition) is 2. The van der Waals surface area contributed by atoms with Crippen molar-refractivity contribution in [2.75, 3.05) is 13.1 Å². The normalized spacial score (nSPS) is 18.7. The standard InChI is InChI=1S/C11H11ClF2N2O2/c12-7-5-8(9(13)15-6-7)11(14)1-3-16(4-2-11)10(17)18/h5-6H,1-4H2,(H,17,18). The van der Waals surface area contributed by atoms with Crippen LogP contribution in [0.3, 0.4) is 0 Å². The van der Waals surface area contributed by atoms with Gasteiger partial charge in [-0.1, -0.05) is 11.6 Å². The molecule has 0 spiro atoms. The van der Waals surface area contributed by atoms with Crippen molar-refractivity contribution in [1.29, 1.82) is 0 Å². The first kappa shape index (κ1) is 13.0. The minimum absolute atomic E-state index is 0.0256. The molecule has 0 radical (unpaired) electrons. The number of rotatable bonds is 1. The SMILES string of the molecule is O=C(O)N1CCC(F)(c2cc(Cl)cnc2F)CC1. The lowest BCUT2D eigenvalue weighted by molar-refractivity contribution is 0.0521. The van der Waals surface area contributed by atoms with E-state index >= 15 is 0 Å². The zero-order chi connectivity index (χ0) is 13.3. The Balaban J connectivity index is 2.23. The first-order valence-corrected chi connectivity index (χ1v) is 5.78. The lowest BCUT2D eigenvalue weighted by atomic mass is 9.87. The fraction of sp³-hybridized carbons (Fsp3) is 0.455. The molecule has 1 aromatic heterocycles. The number of carbonyl (C=O) groups is 1. The molecular formula is C11H11ClF2N2O2. The molecule has 2 heterocycles. The van der Waals surface area contributed by atoms with Gasteiger partial charge in [-0.15, -0.1) is 0 Å². The fourth-order valence-corrected chi connectivity index (χ4v) is 2.22. The Morgan fingerprint density at radius 3 is 2.67 bits per heavy atom. The van der Waals surface area contributed by atoms with E-state index in [1.54, 1.807) is 0 Å². The highest BCUT2D eigenvalue weighted by Gasteiger charge is 2.40. The maximum Gasteiger partial charge on any atom is 0.407 e. The number of halogens is 3. The van der Waals surface area contributed by atoms with Gasteiger partial charge in [-0.05, 0) is 6.07 Å². The van der Waals surface area contributed by atoms with Crippen LogP contribution >= 0.6 is 11.6 Å². The summed E-state index contributed by atoms with van der Waals surface area (Å²) < 4.78 is 28.1. The average Bonchev–Trinajstić information content (AvgIpc) is 2.32. The fourth-order valence-electron chi connectivity index (χ4n) is 2.06. The van der Waals surface area contributed by atoms with Crippen LogP contribution in [0, 0.1) is 5.95 Å². The highest BCUT2D eigenvalue weighted by molar-refractivity contribution is 6.30. The predicted octanol–water partition coefficient (Wildman–Crippen LogP) is 2.81. The molecule has 1 amide bonds. The van der Waals surface area contributed by atoms with E-state index in [4.69, 9.17) is 16.7 Å². The molecule has 18 heavy (non-hydrogen) atoms. The third-order valence-corrected chi connectivity index (χ3v) is 3.32. The minimum Gasteiger partial charge on any atom is -0.465 e. The Morgan fingerprint density at radius 1 is 1.50 bits per heavy atom. The summed E-state index contributed by atoms with van der Waals surface area (Å²) in [5.41, 5.74) is -2.10. The Kier molecular flexibility index (Phi) is 3.38. The van der Waals surface area contributed by atoms with E-state index in [9.17, 15) is 13.6 Å². The molecule has 7 heteroatoms. The summed E-state index contributed by atoms with van der Waals surface area (Å²) in [6.45, 7) is 0.0512. The molecule has 1 aliphatic heterocycles. The van der Waals surface area contributed by atoms with Crippen molar-refractivity contribution in [1.82, 2.24) is 9.88 Å². The molecule has 4 nitrogen and oxygen atoms in total. The van der Waals surface area contributed by atoms with Crippen LogP contribution in [0.15, 0.2) is 12.3 Å². The van der Waals surface area contributed by atoms with Gasteiger partial charge in [-0.3, -0.25) is 0 Å². The smallest absolute Gasteiger partial charge is 0.407 e. The summed E-state index contributed by atoms with van der Waals surface area (Å²) in [6.07, 6.45) is -0.186. The summed E-state index contributed by atoms with van der Waals surface area (Å²) in [5.74, 6) is -0.898. The molecule has 1 N–H and O–H groups in total. The molecule has 98 valence electrons. The van der Waals surface area contributed by atoms with Gasteiger partial charge < -0.3 is 10.0 Å². The second-order valence-electron chi connectivity index (χ2n) is 4.23. The van der Waals surface area contributed by atoms with Gasteiger partial charge >= 0.3 is 6.09 Å². The monoisotopic (exact) mass is 276 g/mol. The van der Waals surface area contributed by atoms with E-state index in [1.807, 2.05) is 0 Å². The van der Waals surface area contributed by atoms with Crippen LogP contribution in [-0.4, -0.2) is 34.2 Å². The quantitative estimate of drug-likeness (QED) is 0.803. The maximum absolute atomic E-state index is 14.6. The molecule has 0 aromatic carbocycles. The van der Waals surface area contributed by atoms with Crippen molar-refractivity contribution in [2.24, 2.45) is 0 Å². The van der Waals surface area contributed by atoms with Crippen molar-refractivity contribution in [3.8, 4) is 0 Å². The van der Waals surface area contributed by atoms with E-state index in [0.29, 0.717) is 0 Å². The number of carboxylic acid groups (broad SMARTS) is 1. The van der Waals surface area contributed by atoms with Gasteiger partial charge in [0.1, 0.15) is 5.67 Å². The predicted molar refractivity (Wildman–Crippen MR) is 60.8 cm³/mol. The van der Waals surface area contributed by atoms with Gasteiger partial charge in [0.15, 0.2) is 0 Å². The summed E-state index contributed by atoms with van der Waals surface area (Å²) in [7, 11) is 0. The third-order valence-electron chi connectivity index (χ3n) is 3.11. The topological polar surface area (TPSA) is 53.4 Å². The Bertz CT molecular complexity index is 476. The first-order chi connectivity index (χ1) is 8.42. The van der Waals surface area contributed by atoms with Gasteiger partial charge in [-0.25, -0.2) is 14.2 Å². The van der Waals surface area contributed by atoms with Crippen LogP contribution in [-0.2, 0) is 5.67 Å². The first-order valence-electron chi connectivity index (χ1n) is 5.41. The maximum atomic E-state index is 14.6. The van der Waals surface area contributed by atoms with Crippen molar-refractivity contribution in [3.63, 3.8) is 0 Å². The Hall–Kier alpha value is -1.43. The van der Waals surface area contributed by atoms with Crippen LogP contribution in [0.2, 0.25) is 5.02 Å². The largest absolute Gasteiger partial charge is 0.465 e. The van der Waals surface area contributed by atoms with Gasteiger partial charge in [0.05, 0.1) is 5.02 Å². The highest BCUT2D eigenvalue weighted by atomic mass is 35.5. The minimum atomic E-state index is -1.91. The number of nitrogens with zero attached hydrogens (tertiary/aromatic N) is 2. The number of aromatic nitrogens is 1. The molecule has 0 bridgehead atoms. The highest BCUT2D eigenvalue weighted by Crippen LogP contribution is 2.38. The molecule has 1 saturated heterocycles. The number of alkyl halides is 1. The zero-order valence-electron chi connectivity index (χ0n) is 9.37. The van der Waals surface area contributed by atoms with E-state index in [0.717, 1.165) is 11.1 Å². The second kappa shape index (κ2) is 4.68. The number of piperidine rings is 1. The van der Waals surface area contributed by atoms with Crippen molar-refractivity contribution in [3.05, 3.63) is 28.8 Å². The van der Waals surface area contributed by atoms with Crippen molar-refractivity contribution < 1.29 is 18.7 Å². The van der Waals surface area contributed by atoms with Gasteiger partial charge in [0.25, 0.3) is 0 Å². The average molecular weight is 277 g/mol. The number of amides is 1. The Labute approximate surface area is 107 Å². The molecule has 0 unspecified atom stereocenters. The zero-order valence-corrected chi connectivity index (χ0v) is 10.1. The van der Waals surface area contributed by atoms with Gasteiger partial charge in [-0.2, -0.15) is 4.39 Å². The molecular weight excluding hydrogens is 266 g/mol. The molecule has 0 aliphatic carbocycles. The number of likely N-dealkylation sites (tertiary alicyclic amines) is 1. The Morgan fingerprint density at radius 2 is 2.11 bits per heavy atom. The number of pyridine rings is 1. The van der Waals surface area contributed by atoms with Crippen LogP contribution in [0.25, 0.3) is 0 Å². The lowest BCUT2D eigenvalue weighted by Gasteiger charge is -2.35. The molecule has 1 fully saturated rings. The van der Waals surface area contributed by atoms with Gasteiger partial charge in [0.2, 0.25) is 5.95 Å². The van der Waals surface area contributed by atoms with Crippen molar-refractivity contribution in [2.45, 2.75) is 18.5 Å². The molecule has 0 atom stereocenters. The van der Waals surface area contributed by atoms with E-state index < -0.39 is 17.7 Å². The van der Waals surface area contributed by atoms with Crippen LogP contribution in [0.1, 0.15) is 18.4 Å². The summed E-state index contributed by atoms with van der Waals surface area (Å²) in [4.78, 5) is 15.2. The van der Waals surface area contributed by atoms with E-state index in [-0.39, 0.29) is 36.5 Å². The van der Waals surface area contributed by atoms with Crippen LogP contribution < -0.4 is 0 Å². The van der Waals surface area contributed by atoms with Gasteiger partial charge in [0, 0.05) is 37.7 Å². The van der Waals surface area contributed by atoms with Crippen LogP contribution in [0.5, 0.6) is 0 Å². The summed E-state index contributed by atoms with van der Waals surface area (Å²) >= 11 is 5.68. The molecule has 2 rings (SSSR count). The molecule has 0 saturated carbocycles. The third kappa shape index (κ3) is 2.38. The molecule has 1 aliphatic rings. The van der Waals surface area contributed by atoms with E-state index in [2.05, 4.69) is 4.98 Å². The summed E-state index contributed by atoms with van der Waals surface area (Å²) in [5, 5.41) is 8.93. The second-order valence-corrected chi connectivity index (χ2v) is 4.66. The van der Waals surface area contributed by atoms with Crippen molar-refractivity contribution >= 4 is 17.7 Å².